The van der Waals surface area contributed by atoms with Crippen LogP contribution in [0.15, 0.2) is 18.3 Å². The Kier molecular flexibility index (Phi) is 5.26. The van der Waals surface area contributed by atoms with E-state index in [0.29, 0.717) is 30.7 Å². The summed E-state index contributed by atoms with van der Waals surface area (Å²) >= 11 is 0. The van der Waals surface area contributed by atoms with Crippen molar-refractivity contribution in [3.8, 4) is 0 Å². The predicted octanol–water partition coefficient (Wildman–Crippen LogP) is 2.07. The molecule has 0 aliphatic carbocycles. The molecule has 1 aliphatic rings. The number of alkyl halides is 1. The van der Waals surface area contributed by atoms with Crippen molar-refractivity contribution in [2.24, 2.45) is 5.73 Å². The van der Waals surface area contributed by atoms with Gasteiger partial charge in [0, 0.05) is 37.8 Å². The van der Waals surface area contributed by atoms with Crippen LogP contribution in [-0.4, -0.2) is 32.9 Å². The van der Waals surface area contributed by atoms with Gasteiger partial charge in [-0.25, -0.2) is 22.5 Å². The van der Waals surface area contributed by atoms with Gasteiger partial charge in [0.05, 0.1) is 12.2 Å². The SMILES string of the molecule is N[C@@H](CC(=O)N1CCn2cc(CF)nc2C1)Cc1cc(F)c(F)cc1F. The first-order valence-electron chi connectivity index (χ1n) is 8.15. The van der Waals surface area contributed by atoms with E-state index in [0.717, 1.165) is 6.07 Å². The fourth-order valence-corrected chi connectivity index (χ4v) is 3.02. The Morgan fingerprint density at radius 1 is 1.19 bits per heavy atom. The van der Waals surface area contributed by atoms with E-state index < -0.39 is 30.2 Å². The summed E-state index contributed by atoms with van der Waals surface area (Å²) in [6.07, 6.45) is 1.45. The van der Waals surface area contributed by atoms with Gasteiger partial charge in [-0.1, -0.05) is 0 Å². The fourth-order valence-electron chi connectivity index (χ4n) is 3.02. The van der Waals surface area contributed by atoms with Gasteiger partial charge in [0.25, 0.3) is 0 Å². The molecule has 2 aromatic rings. The van der Waals surface area contributed by atoms with E-state index in [2.05, 4.69) is 4.98 Å². The molecule has 26 heavy (non-hydrogen) atoms. The third kappa shape index (κ3) is 3.87. The third-order valence-corrected chi connectivity index (χ3v) is 4.35. The molecule has 0 saturated carbocycles. The van der Waals surface area contributed by atoms with Gasteiger partial charge in [-0.15, -0.1) is 0 Å². The maximum Gasteiger partial charge on any atom is 0.224 e. The third-order valence-electron chi connectivity index (χ3n) is 4.35. The number of rotatable bonds is 5. The molecule has 1 aromatic heterocycles. The number of benzene rings is 1. The minimum Gasteiger partial charge on any atom is -0.333 e. The van der Waals surface area contributed by atoms with Crippen molar-refractivity contribution in [3.63, 3.8) is 0 Å². The van der Waals surface area contributed by atoms with Gasteiger partial charge in [-0.2, -0.15) is 0 Å². The Hall–Kier alpha value is -2.42. The average molecular weight is 370 g/mol. The van der Waals surface area contributed by atoms with Gasteiger partial charge >= 0.3 is 0 Å². The second-order valence-corrected chi connectivity index (χ2v) is 6.32. The second-order valence-electron chi connectivity index (χ2n) is 6.32. The second kappa shape index (κ2) is 7.45. The highest BCUT2D eigenvalue weighted by Gasteiger charge is 2.24. The zero-order valence-corrected chi connectivity index (χ0v) is 13.9. The molecular weight excluding hydrogens is 352 g/mol. The summed E-state index contributed by atoms with van der Waals surface area (Å²) < 4.78 is 54.4. The molecule has 0 unspecified atom stereocenters. The Morgan fingerprint density at radius 2 is 1.92 bits per heavy atom. The van der Waals surface area contributed by atoms with Crippen LogP contribution < -0.4 is 5.73 Å². The molecule has 0 fully saturated rings. The lowest BCUT2D eigenvalue weighted by molar-refractivity contribution is -0.133. The summed E-state index contributed by atoms with van der Waals surface area (Å²) in [4.78, 5) is 18.1. The number of nitrogens with zero attached hydrogens (tertiary/aromatic N) is 3. The molecule has 1 atom stereocenters. The molecule has 1 aliphatic heterocycles. The maximum absolute atomic E-state index is 13.7. The van der Waals surface area contributed by atoms with E-state index in [1.54, 1.807) is 15.7 Å². The van der Waals surface area contributed by atoms with Crippen LogP contribution in [0.4, 0.5) is 17.6 Å². The molecule has 0 radical (unpaired) electrons. The number of halogens is 4. The van der Waals surface area contributed by atoms with Crippen molar-refractivity contribution in [3.05, 3.63) is 52.9 Å². The van der Waals surface area contributed by atoms with Gasteiger partial charge in [0.2, 0.25) is 5.91 Å². The number of imidazole rings is 1. The minimum absolute atomic E-state index is 0.0743. The first-order chi connectivity index (χ1) is 12.4. The summed E-state index contributed by atoms with van der Waals surface area (Å²) in [5.41, 5.74) is 6.13. The molecule has 1 aromatic carbocycles. The summed E-state index contributed by atoms with van der Waals surface area (Å²) in [5.74, 6) is -2.99. The van der Waals surface area contributed by atoms with Gasteiger partial charge in [-0.3, -0.25) is 4.79 Å². The van der Waals surface area contributed by atoms with Crippen LogP contribution in [0.25, 0.3) is 0 Å². The van der Waals surface area contributed by atoms with Gasteiger partial charge in [-0.05, 0) is 18.1 Å². The zero-order valence-electron chi connectivity index (χ0n) is 13.9. The molecule has 0 spiro atoms. The minimum atomic E-state index is -1.27. The van der Waals surface area contributed by atoms with Crippen molar-refractivity contribution in [2.45, 2.75) is 38.6 Å². The molecule has 5 nitrogen and oxygen atoms in total. The standard InChI is InChI=1S/C17H18F4N4O/c18-7-12-8-24-1-2-25(9-16(24)23-12)17(26)5-11(22)3-10-4-14(20)15(21)6-13(10)19/h4,6,8,11H,1-3,5,7,9,22H2/t11-/m1/s1. The van der Waals surface area contributed by atoms with Crippen LogP contribution in [-0.2, 0) is 31.0 Å². The first kappa shape index (κ1) is 18.4. The quantitative estimate of drug-likeness (QED) is 0.647. The highest BCUT2D eigenvalue weighted by Crippen LogP contribution is 2.18. The van der Waals surface area contributed by atoms with Gasteiger partial charge in [0.15, 0.2) is 11.6 Å². The molecule has 2 N–H and O–H groups in total. The molecule has 3 rings (SSSR count). The number of carbonyl (C=O) groups is 1. The van der Waals surface area contributed by atoms with E-state index in [-0.39, 0.29) is 30.9 Å². The van der Waals surface area contributed by atoms with Crippen LogP contribution in [0, 0.1) is 17.5 Å². The highest BCUT2D eigenvalue weighted by atomic mass is 19.2. The molecular formula is C17H18F4N4O. The van der Waals surface area contributed by atoms with E-state index >= 15 is 0 Å². The number of carbonyl (C=O) groups excluding carboxylic acids is 1. The smallest absolute Gasteiger partial charge is 0.224 e. The van der Waals surface area contributed by atoms with Crippen LogP contribution in [0.5, 0.6) is 0 Å². The van der Waals surface area contributed by atoms with Gasteiger partial charge < -0.3 is 15.2 Å². The molecule has 140 valence electrons. The average Bonchev–Trinajstić information content (AvgIpc) is 3.01. The zero-order chi connectivity index (χ0) is 18.8. The number of amides is 1. The van der Waals surface area contributed by atoms with E-state index in [1.807, 2.05) is 0 Å². The monoisotopic (exact) mass is 370 g/mol. The number of hydrogen-bond donors (Lipinski definition) is 1. The van der Waals surface area contributed by atoms with Gasteiger partial charge in [0.1, 0.15) is 18.3 Å². The first-order valence-corrected chi connectivity index (χ1v) is 8.15. The Labute approximate surface area is 147 Å². The summed E-state index contributed by atoms with van der Waals surface area (Å²) in [6.45, 7) is 0.505. The van der Waals surface area contributed by atoms with E-state index in [4.69, 9.17) is 5.73 Å². The number of hydrogen-bond acceptors (Lipinski definition) is 3. The van der Waals surface area contributed by atoms with Crippen molar-refractivity contribution in [1.82, 2.24) is 14.5 Å². The lowest BCUT2D eigenvalue weighted by atomic mass is 10.0. The van der Waals surface area contributed by atoms with Crippen molar-refractivity contribution < 1.29 is 22.4 Å². The number of fused-ring (bicyclic) bond motifs is 1. The lowest BCUT2D eigenvalue weighted by Gasteiger charge is -2.28. The Balaban J connectivity index is 1.60. The molecule has 9 heteroatoms. The molecule has 0 saturated heterocycles. The normalized spacial score (nSPS) is 15.0. The Morgan fingerprint density at radius 3 is 2.65 bits per heavy atom. The molecule has 2 heterocycles. The van der Waals surface area contributed by atoms with E-state index in [9.17, 15) is 22.4 Å². The highest BCUT2D eigenvalue weighted by molar-refractivity contribution is 5.76. The van der Waals surface area contributed by atoms with Crippen molar-refractivity contribution in [2.75, 3.05) is 6.54 Å². The predicted molar refractivity (Wildman–Crippen MR) is 85.1 cm³/mol. The molecule has 1 amide bonds. The molecule has 0 bridgehead atoms. The van der Waals surface area contributed by atoms with Crippen LogP contribution >= 0.6 is 0 Å². The van der Waals surface area contributed by atoms with Crippen LogP contribution in [0.3, 0.4) is 0 Å². The Bertz CT molecular complexity index is 823. The largest absolute Gasteiger partial charge is 0.333 e. The fraction of sp³-hybridized carbons (Fsp3) is 0.412. The lowest BCUT2D eigenvalue weighted by Crippen LogP contribution is -2.41. The number of aromatic nitrogens is 2. The van der Waals surface area contributed by atoms with Crippen LogP contribution in [0.1, 0.15) is 23.5 Å². The van der Waals surface area contributed by atoms with Crippen LogP contribution in [0.2, 0.25) is 0 Å². The summed E-state index contributed by atoms with van der Waals surface area (Å²) in [7, 11) is 0. The summed E-state index contributed by atoms with van der Waals surface area (Å²) in [6, 6.07) is 0.474. The maximum atomic E-state index is 13.7. The van der Waals surface area contributed by atoms with E-state index in [1.165, 1.54) is 0 Å². The summed E-state index contributed by atoms with van der Waals surface area (Å²) in [5, 5.41) is 0. The van der Waals surface area contributed by atoms with Crippen molar-refractivity contribution >= 4 is 5.91 Å². The number of nitrogens with two attached hydrogens (primary N) is 1. The topological polar surface area (TPSA) is 64.2 Å². The van der Waals surface area contributed by atoms with Crippen molar-refractivity contribution in [1.29, 1.82) is 0 Å².